The van der Waals surface area contributed by atoms with Crippen LogP contribution in [0.5, 0.6) is 0 Å². The zero-order valence-electron chi connectivity index (χ0n) is 9.06. The Bertz CT molecular complexity index is 186. The first kappa shape index (κ1) is 12.8. The average molecular weight is 224 g/mol. The Labute approximate surface area is 88.6 Å². The predicted octanol–water partition coefficient (Wildman–Crippen LogP) is 2.00. The van der Waals surface area contributed by atoms with Gasteiger partial charge in [0.15, 0.2) is 0 Å². The van der Waals surface area contributed by atoms with Gasteiger partial charge >= 0.3 is 6.18 Å². The summed E-state index contributed by atoms with van der Waals surface area (Å²) in [6.45, 7) is 2.14. The smallest absolute Gasteiger partial charge is 0.330 e. The number of hydrogen-bond acceptors (Lipinski definition) is 2. The maximum Gasteiger partial charge on any atom is 0.401 e. The van der Waals surface area contributed by atoms with Crippen molar-refractivity contribution in [3.63, 3.8) is 0 Å². The standard InChI is InChI=1S/C10H19F3N2/c1-2-8(5-14)6-15(9-3-4-9)7-10(11,12)13/h8-9H,2-7,14H2,1H3. The van der Waals surface area contributed by atoms with Crippen LogP contribution in [0.25, 0.3) is 0 Å². The van der Waals surface area contributed by atoms with Crippen molar-refractivity contribution in [1.82, 2.24) is 4.90 Å². The van der Waals surface area contributed by atoms with Crippen LogP contribution in [-0.4, -0.2) is 36.8 Å². The molecule has 0 radical (unpaired) electrons. The number of rotatable bonds is 6. The van der Waals surface area contributed by atoms with Gasteiger partial charge in [0.1, 0.15) is 0 Å². The minimum atomic E-state index is -4.09. The normalized spacial score (nSPS) is 19.6. The van der Waals surface area contributed by atoms with E-state index in [1.165, 1.54) is 0 Å². The number of halogens is 3. The van der Waals surface area contributed by atoms with Crippen molar-refractivity contribution in [3.05, 3.63) is 0 Å². The van der Waals surface area contributed by atoms with Crippen LogP contribution in [-0.2, 0) is 0 Å². The van der Waals surface area contributed by atoms with E-state index in [2.05, 4.69) is 0 Å². The number of nitrogens with two attached hydrogens (primary N) is 1. The van der Waals surface area contributed by atoms with Crippen LogP contribution >= 0.6 is 0 Å². The predicted molar refractivity (Wildman–Crippen MR) is 53.5 cm³/mol. The molecule has 1 aliphatic carbocycles. The minimum Gasteiger partial charge on any atom is -0.330 e. The summed E-state index contributed by atoms with van der Waals surface area (Å²) in [5, 5.41) is 0. The number of alkyl halides is 3. The largest absolute Gasteiger partial charge is 0.401 e. The van der Waals surface area contributed by atoms with Gasteiger partial charge in [-0.1, -0.05) is 13.3 Å². The van der Waals surface area contributed by atoms with Crippen molar-refractivity contribution < 1.29 is 13.2 Å². The van der Waals surface area contributed by atoms with Crippen LogP contribution in [0.1, 0.15) is 26.2 Å². The van der Waals surface area contributed by atoms with E-state index in [4.69, 9.17) is 5.73 Å². The highest BCUT2D eigenvalue weighted by Crippen LogP contribution is 2.30. The monoisotopic (exact) mass is 224 g/mol. The second-order valence-electron chi connectivity index (χ2n) is 4.29. The lowest BCUT2D eigenvalue weighted by Crippen LogP contribution is -2.40. The molecule has 2 nitrogen and oxygen atoms in total. The Kier molecular flexibility index (Phi) is 4.40. The van der Waals surface area contributed by atoms with E-state index in [1.807, 2.05) is 6.92 Å². The quantitative estimate of drug-likeness (QED) is 0.747. The summed E-state index contributed by atoms with van der Waals surface area (Å²) in [4.78, 5) is 1.54. The first-order valence-electron chi connectivity index (χ1n) is 5.47. The fourth-order valence-corrected chi connectivity index (χ4v) is 1.71. The van der Waals surface area contributed by atoms with Gasteiger partial charge in [-0.2, -0.15) is 13.2 Å². The van der Waals surface area contributed by atoms with E-state index >= 15 is 0 Å². The van der Waals surface area contributed by atoms with Gasteiger partial charge in [0.05, 0.1) is 6.54 Å². The molecule has 1 fully saturated rings. The topological polar surface area (TPSA) is 29.3 Å². The Hall–Kier alpha value is -0.290. The van der Waals surface area contributed by atoms with Crippen molar-refractivity contribution in [2.24, 2.45) is 11.7 Å². The van der Waals surface area contributed by atoms with E-state index in [0.717, 1.165) is 19.3 Å². The zero-order chi connectivity index (χ0) is 11.5. The summed E-state index contributed by atoms with van der Waals surface area (Å²) in [6, 6.07) is 0.146. The van der Waals surface area contributed by atoms with E-state index < -0.39 is 12.7 Å². The lowest BCUT2D eigenvalue weighted by Gasteiger charge is -2.27. The molecule has 0 bridgehead atoms. The van der Waals surface area contributed by atoms with Crippen molar-refractivity contribution in [3.8, 4) is 0 Å². The number of hydrogen-bond donors (Lipinski definition) is 1. The molecule has 15 heavy (non-hydrogen) atoms. The van der Waals surface area contributed by atoms with E-state index in [9.17, 15) is 13.2 Å². The van der Waals surface area contributed by atoms with Gasteiger partial charge in [0.25, 0.3) is 0 Å². The van der Waals surface area contributed by atoms with Crippen molar-refractivity contribution in [2.45, 2.75) is 38.4 Å². The highest BCUT2D eigenvalue weighted by Gasteiger charge is 2.38. The van der Waals surface area contributed by atoms with Gasteiger partial charge in [-0.25, -0.2) is 0 Å². The molecular weight excluding hydrogens is 205 g/mol. The third kappa shape index (κ3) is 4.84. The van der Waals surface area contributed by atoms with Gasteiger partial charge in [0.2, 0.25) is 0 Å². The van der Waals surface area contributed by atoms with E-state index in [1.54, 1.807) is 4.90 Å². The lowest BCUT2D eigenvalue weighted by molar-refractivity contribution is -0.148. The summed E-state index contributed by atoms with van der Waals surface area (Å²) < 4.78 is 36.8. The molecule has 0 amide bonds. The second kappa shape index (κ2) is 5.16. The first-order chi connectivity index (χ1) is 6.96. The summed E-state index contributed by atoms with van der Waals surface area (Å²) in [7, 11) is 0. The molecule has 1 atom stereocenters. The summed E-state index contributed by atoms with van der Waals surface area (Å²) in [5.74, 6) is 0.188. The molecule has 0 spiro atoms. The molecule has 0 aliphatic heterocycles. The van der Waals surface area contributed by atoms with Crippen molar-refractivity contribution >= 4 is 0 Å². The van der Waals surface area contributed by atoms with Gasteiger partial charge in [-0.05, 0) is 25.3 Å². The van der Waals surface area contributed by atoms with Crippen LogP contribution < -0.4 is 5.73 Å². The van der Waals surface area contributed by atoms with E-state index in [-0.39, 0.29) is 12.0 Å². The highest BCUT2D eigenvalue weighted by molar-refractivity contribution is 4.86. The fourth-order valence-electron chi connectivity index (χ4n) is 1.71. The maximum absolute atomic E-state index is 12.3. The van der Waals surface area contributed by atoms with Crippen molar-refractivity contribution in [1.29, 1.82) is 0 Å². The molecule has 5 heteroatoms. The van der Waals surface area contributed by atoms with Gasteiger partial charge in [-0.3, -0.25) is 4.90 Å². The first-order valence-corrected chi connectivity index (χ1v) is 5.47. The summed E-state index contributed by atoms with van der Waals surface area (Å²) in [5.41, 5.74) is 5.51. The molecule has 0 aromatic rings. The Morgan fingerprint density at radius 2 is 2.00 bits per heavy atom. The number of nitrogens with zero attached hydrogens (tertiary/aromatic N) is 1. The van der Waals surface area contributed by atoms with Crippen LogP contribution in [0.4, 0.5) is 13.2 Å². The van der Waals surface area contributed by atoms with Gasteiger partial charge < -0.3 is 5.73 Å². The average Bonchev–Trinajstić information content (AvgIpc) is 2.93. The third-order valence-corrected chi connectivity index (χ3v) is 2.85. The molecule has 0 saturated heterocycles. The molecule has 1 rings (SSSR count). The Morgan fingerprint density at radius 1 is 1.40 bits per heavy atom. The molecule has 0 aromatic heterocycles. The maximum atomic E-state index is 12.3. The summed E-state index contributed by atoms with van der Waals surface area (Å²) in [6.07, 6.45) is -1.44. The molecule has 0 aromatic carbocycles. The molecule has 1 aliphatic rings. The molecule has 0 heterocycles. The SMILES string of the molecule is CCC(CN)CN(CC(F)(F)F)C1CC1. The minimum absolute atomic E-state index is 0.146. The van der Waals surface area contributed by atoms with Crippen molar-refractivity contribution in [2.75, 3.05) is 19.6 Å². The Morgan fingerprint density at radius 3 is 2.33 bits per heavy atom. The van der Waals surface area contributed by atoms with Gasteiger partial charge in [-0.15, -0.1) is 0 Å². The Balaban J connectivity index is 2.43. The zero-order valence-corrected chi connectivity index (χ0v) is 9.06. The molecule has 1 unspecified atom stereocenters. The van der Waals surface area contributed by atoms with Crippen LogP contribution in [0.3, 0.4) is 0 Å². The summed E-state index contributed by atoms with van der Waals surface area (Å²) >= 11 is 0. The van der Waals surface area contributed by atoms with Gasteiger partial charge in [0, 0.05) is 12.6 Å². The second-order valence-corrected chi connectivity index (χ2v) is 4.29. The van der Waals surface area contributed by atoms with E-state index in [0.29, 0.717) is 13.1 Å². The highest BCUT2D eigenvalue weighted by atomic mass is 19.4. The third-order valence-electron chi connectivity index (χ3n) is 2.85. The van der Waals surface area contributed by atoms with Crippen LogP contribution in [0.2, 0.25) is 0 Å². The molecule has 90 valence electrons. The van der Waals surface area contributed by atoms with Crippen LogP contribution in [0.15, 0.2) is 0 Å². The lowest BCUT2D eigenvalue weighted by atomic mass is 10.1. The molecule has 1 saturated carbocycles. The van der Waals surface area contributed by atoms with Crippen LogP contribution in [0, 0.1) is 5.92 Å². The molecule has 2 N–H and O–H groups in total. The fraction of sp³-hybridized carbons (Fsp3) is 1.00. The molecular formula is C10H19F3N2.